The Hall–Kier alpha value is -3.47. The Kier molecular flexibility index (Phi) is 3.26. The molecule has 6 heteroatoms. The number of hydrogen-bond donors (Lipinski definition) is 0. The quantitative estimate of drug-likeness (QED) is 0.324. The highest BCUT2D eigenvalue weighted by atomic mass is 32.2. The van der Waals surface area contributed by atoms with Crippen molar-refractivity contribution >= 4 is 86.8 Å². The Morgan fingerprint density at radius 3 is 1.97 bits per heavy atom. The van der Waals surface area contributed by atoms with Gasteiger partial charge in [-0.2, -0.15) is 0 Å². The lowest BCUT2D eigenvalue weighted by Gasteiger charge is -2.48. The Morgan fingerprint density at radius 1 is 0.472 bits per heavy atom. The first-order valence-electron chi connectivity index (χ1n) is 12.3. The molecule has 0 aromatic heterocycles. The number of benzene rings is 5. The molecule has 0 saturated heterocycles. The van der Waals surface area contributed by atoms with Crippen molar-refractivity contribution in [1.82, 2.24) is 0 Å². The van der Waals surface area contributed by atoms with E-state index >= 15 is 0 Å². The summed E-state index contributed by atoms with van der Waals surface area (Å²) in [5.41, 5.74) is 12.5. The fourth-order valence-electron chi connectivity index (χ4n) is 7.16. The normalized spacial score (nSPS) is 15.6. The van der Waals surface area contributed by atoms with Gasteiger partial charge >= 0.3 is 0 Å². The molecule has 0 spiro atoms. The third kappa shape index (κ3) is 2.03. The van der Waals surface area contributed by atoms with Crippen LogP contribution >= 0.6 is 23.5 Å². The van der Waals surface area contributed by atoms with Gasteiger partial charge in [-0.05, 0) is 82.5 Å². The van der Waals surface area contributed by atoms with Gasteiger partial charge in [-0.1, -0.05) is 64.8 Å². The molecule has 0 fully saturated rings. The van der Waals surface area contributed by atoms with E-state index in [4.69, 9.17) is 4.74 Å². The van der Waals surface area contributed by atoms with Gasteiger partial charge in [0.1, 0.15) is 11.5 Å². The zero-order valence-electron chi connectivity index (χ0n) is 19.0. The molecule has 2 nitrogen and oxygen atoms in total. The molecule has 164 valence electrons. The topological polar surface area (TPSA) is 12.5 Å². The van der Waals surface area contributed by atoms with Gasteiger partial charge in [0.05, 0.1) is 0 Å². The van der Waals surface area contributed by atoms with Crippen molar-refractivity contribution in [1.29, 1.82) is 0 Å². The summed E-state index contributed by atoms with van der Waals surface area (Å²) in [6.07, 6.45) is 0. The van der Waals surface area contributed by atoms with E-state index in [0.29, 0.717) is 0 Å². The van der Waals surface area contributed by atoms with Crippen LogP contribution in [0, 0.1) is 0 Å². The first-order valence-corrected chi connectivity index (χ1v) is 14.0. The second-order valence-electron chi connectivity index (χ2n) is 10.00. The van der Waals surface area contributed by atoms with E-state index < -0.39 is 0 Å². The van der Waals surface area contributed by atoms with Gasteiger partial charge < -0.3 is 9.64 Å². The second kappa shape index (κ2) is 6.26. The Morgan fingerprint density at radius 2 is 1.11 bits per heavy atom. The summed E-state index contributed by atoms with van der Waals surface area (Å²) >= 11 is 3.83. The van der Waals surface area contributed by atoms with Gasteiger partial charge in [0, 0.05) is 36.6 Å². The van der Waals surface area contributed by atoms with Crippen molar-refractivity contribution in [2.75, 3.05) is 4.90 Å². The first kappa shape index (κ1) is 18.8. The minimum Gasteiger partial charge on any atom is -0.458 e. The number of anilines is 3. The summed E-state index contributed by atoms with van der Waals surface area (Å²) in [5.74, 6) is 2.05. The lowest BCUT2D eigenvalue weighted by molar-refractivity contribution is 0.486. The summed E-state index contributed by atoms with van der Waals surface area (Å²) in [5, 5.41) is 0. The van der Waals surface area contributed by atoms with Crippen LogP contribution in [-0.4, -0.2) is 13.4 Å². The fraction of sp³-hybridized carbons (Fsp3) is 0. The van der Waals surface area contributed by atoms with Gasteiger partial charge in [-0.15, -0.1) is 0 Å². The van der Waals surface area contributed by atoms with Crippen LogP contribution < -0.4 is 42.4 Å². The van der Waals surface area contributed by atoms with Crippen molar-refractivity contribution in [3.05, 3.63) is 91.0 Å². The van der Waals surface area contributed by atoms with E-state index in [1.54, 1.807) is 0 Å². The predicted molar refractivity (Wildman–Crippen MR) is 152 cm³/mol. The molecule has 0 amide bonds. The summed E-state index contributed by atoms with van der Waals surface area (Å²) in [4.78, 5) is 7.96. The Labute approximate surface area is 217 Å². The maximum atomic E-state index is 6.61. The van der Waals surface area contributed by atoms with Crippen LogP contribution in [0.15, 0.2) is 111 Å². The van der Waals surface area contributed by atoms with Gasteiger partial charge in [0.15, 0.2) is 0 Å². The monoisotopic (exact) mass is 491 g/mol. The third-order valence-electron chi connectivity index (χ3n) is 8.39. The number of rotatable bonds is 1. The molecular weight excluding hydrogens is 476 g/mol. The van der Waals surface area contributed by atoms with Gasteiger partial charge in [-0.3, -0.25) is 0 Å². The number of nitrogens with zero attached hydrogens (tertiary/aromatic N) is 1. The number of ether oxygens (including phenoxy) is 1. The summed E-state index contributed by atoms with van der Waals surface area (Å²) < 4.78 is 6.61. The summed E-state index contributed by atoms with van der Waals surface area (Å²) in [6.45, 7) is 0.460. The van der Waals surface area contributed by atoms with Crippen LogP contribution in [0.25, 0.3) is 0 Å². The zero-order chi connectivity index (χ0) is 23.1. The lowest BCUT2D eigenvalue weighted by atomic mass is 9.19. The van der Waals surface area contributed by atoms with E-state index in [1.165, 1.54) is 69.4 Å². The largest absolute Gasteiger partial charge is 0.458 e. The van der Waals surface area contributed by atoms with E-state index in [1.807, 2.05) is 23.5 Å². The molecule has 0 N–H and O–H groups in total. The van der Waals surface area contributed by atoms with Crippen molar-refractivity contribution < 1.29 is 4.74 Å². The van der Waals surface area contributed by atoms with E-state index in [2.05, 4.69) is 95.9 Å². The molecule has 36 heavy (non-hydrogen) atoms. The predicted octanol–water partition coefficient (Wildman–Crippen LogP) is 3.85. The molecule has 5 aromatic carbocycles. The Balaban J connectivity index is 1.40. The molecule has 0 unspecified atom stereocenters. The van der Waals surface area contributed by atoms with Crippen LogP contribution in [-0.2, 0) is 0 Å². The van der Waals surface area contributed by atoms with Crippen molar-refractivity contribution in [2.45, 2.75) is 19.6 Å². The highest BCUT2D eigenvalue weighted by molar-refractivity contribution is 8.00. The third-order valence-corrected chi connectivity index (χ3v) is 10.7. The van der Waals surface area contributed by atoms with Crippen LogP contribution in [0.5, 0.6) is 11.5 Å². The summed E-state index contributed by atoms with van der Waals surface area (Å²) in [7, 11) is 0. The Bertz CT molecular complexity index is 1840. The van der Waals surface area contributed by atoms with E-state index in [-0.39, 0.29) is 13.4 Å². The highest BCUT2D eigenvalue weighted by Gasteiger charge is 2.53. The molecule has 5 aliphatic heterocycles. The van der Waals surface area contributed by atoms with Gasteiger partial charge in [-0.25, -0.2) is 0 Å². The average molecular weight is 491 g/mol. The molecule has 0 atom stereocenters. The lowest BCUT2D eigenvalue weighted by Crippen LogP contribution is -2.79. The minimum absolute atomic E-state index is 0.224. The maximum Gasteiger partial charge on any atom is 0.252 e. The molecular formula is C30H15B2NOS2. The SMILES string of the molecule is c1ccc(N2c3cccc4c3B3c5c(ccc6c5B5c7c(cccc7Sc7ccc2c3c75)O6)S4)cc1. The number of para-hydroxylation sites is 1. The average Bonchev–Trinajstić information content (AvgIpc) is 2.93. The maximum absolute atomic E-state index is 6.61. The standard InChI is InChI=1S/C30H15B2NOS2/c1-2-6-16(7-3-1)33-17-8-4-10-21-25(17)31-26-18(33)12-14-23-29(26)32-27-19(9-5-11-22(27)36-23)34-20-13-15-24(35-21)30(31)28(20)32/h1-15H. The molecule has 0 radical (unpaired) electrons. The zero-order valence-corrected chi connectivity index (χ0v) is 20.6. The molecule has 0 bridgehead atoms. The fourth-order valence-corrected chi connectivity index (χ4v) is 9.53. The van der Waals surface area contributed by atoms with Gasteiger partial charge in [0.25, 0.3) is 6.71 Å². The number of hydrogen-bond acceptors (Lipinski definition) is 4. The van der Waals surface area contributed by atoms with Crippen molar-refractivity contribution in [3.8, 4) is 11.5 Å². The molecule has 5 heterocycles. The molecule has 5 aromatic rings. The van der Waals surface area contributed by atoms with Crippen molar-refractivity contribution in [2.24, 2.45) is 0 Å². The highest BCUT2D eigenvalue weighted by Crippen LogP contribution is 2.45. The smallest absolute Gasteiger partial charge is 0.252 e. The summed E-state index contributed by atoms with van der Waals surface area (Å²) in [6, 6.07) is 33.5. The van der Waals surface area contributed by atoms with Crippen LogP contribution in [0.1, 0.15) is 0 Å². The van der Waals surface area contributed by atoms with E-state index in [0.717, 1.165) is 11.5 Å². The molecule has 5 aliphatic rings. The molecule has 10 rings (SSSR count). The van der Waals surface area contributed by atoms with E-state index in [9.17, 15) is 0 Å². The van der Waals surface area contributed by atoms with Crippen molar-refractivity contribution in [3.63, 3.8) is 0 Å². The minimum atomic E-state index is 0.224. The first-order chi connectivity index (χ1) is 17.9. The van der Waals surface area contributed by atoms with Gasteiger partial charge in [0.2, 0.25) is 6.71 Å². The van der Waals surface area contributed by atoms with Crippen LogP contribution in [0.4, 0.5) is 17.1 Å². The second-order valence-corrected chi connectivity index (χ2v) is 12.2. The van der Waals surface area contributed by atoms with Crippen LogP contribution in [0.2, 0.25) is 0 Å². The molecule has 0 saturated carbocycles. The van der Waals surface area contributed by atoms with Crippen LogP contribution in [0.3, 0.4) is 0 Å². The molecule has 0 aliphatic carbocycles.